The number of methoxy groups -OCH3 is 1. The van der Waals surface area contributed by atoms with E-state index in [1.54, 1.807) is 37.7 Å². The maximum Gasteiger partial charge on any atom is 0.407 e. The van der Waals surface area contributed by atoms with Gasteiger partial charge in [-0.2, -0.15) is 0 Å². The highest BCUT2D eigenvalue weighted by atomic mass is 19.1. The first-order valence-corrected chi connectivity index (χ1v) is 19.6. The summed E-state index contributed by atoms with van der Waals surface area (Å²) < 4.78 is 33.4. The number of amides is 3. The van der Waals surface area contributed by atoms with E-state index in [9.17, 15) is 19.5 Å². The lowest BCUT2D eigenvalue weighted by Crippen LogP contribution is -2.55. The van der Waals surface area contributed by atoms with Crippen LogP contribution in [0.1, 0.15) is 66.6 Å². The fourth-order valence-electron chi connectivity index (χ4n) is 7.84. The molecule has 2 atom stereocenters. The maximum absolute atomic E-state index is 16.2. The van der Waals surface area contributed by atoms with Crippen molar-refractivity contribution in [1.29, 1.82) is 0 Å². The van der Waals surface area contributed by atoms with Crippen LogP contribution >= 0.6 is 0 Å². The lowest BCUT2D eigenvalue weighted by atomic mass is 9.84. The molecule has 1 N–H and O–H groups in total. The molecule has 57 heavy (non-hydrogen) atoms. The molecule has 2 heterocycles. The fraction of sp³-hybridized carbons (Fsp3) is 0.400. The number of halogens is 1. The molecule has 0 unspecified atom stereocenters. The van der Waals surface area contributed by atoms with Crippen LogP contribution in [-0.4, -0.2) is 102 Å². The van der Waals surface area contributed by atoms with Gasteiger partial charge < -0.3 is 34.0 Å². The largest absolute Gasteiger partial charge is 0.493 e. The lowest BCUT2D eigenvalue weighted by molar-refractivity contribution is -0.132. The number of piperidine rings is 1. The van der Waals surface area contributed by atoms with Crippen molar-refractivity contribution >= 4 is 23.6 Å². The third-order valence-corrected chi connectivity index (χ3v) is 10.7. The standard InChI is InChI=1S/C45H53FN4O7/c1-5-49(40-31-48(44(53)54)21-20-36(40)34-18-12-19-35(26-34)56-25-13-24-55-4)42(51)37-27-39-41(28-38(37)46)57-45(2,3)43(52)50(39)23-22-47(29-32-14-8-6-9-15-32)30-33-16-10-7-11-17-33/h6-12,14-19,26-28,36,40H,5,13,20-25,29-31H2,1-4H3,(H,53,54)/t36-,40+/m1/s1. The van der Waals surface area contributed by atoms with E-state index in [-0.39, 0.29) is 49.3 Å². The van der Waals surface area contributed by atoms with Crippen LogP contribution in [0, 0.1) is 5.82 Å². The fourth-order valence-corrected chi connectivity index (χ4v) is 7.84. The molecule has 2 aliphatic rings. The van der Waals surface area contributed by atoms with Crippen molar-refractivity contribution < 1.29 is 38.1 Å². The number of carbonyl (C=O) groups excluding carboxylic acids is 2. The minimum absolute atomic E-state index is 0.0473. The number of benzene rings is 4. The van der Waals surface area contributed by atoms with Crippen molar-refractivity contribution in [3.63, 3.8) is 0 Å². The minimum Gasteiger partial charge on any atom is -0.493 e. The molecule has 0 radical (unpaired) electrons. The molecule has 0 saturated carbocycles. The van der Waals surface area contributed by atoms with E-state index >= 15 is 4.39 Å². The van der Waals surface area contributed by atoms with E-state index in [2.05, 4.69) is 29.2 Å². The van der Waals surface area contributed by atoms with E-state index in [0.717, 1.165) is 23.1 Å². The molecule has 3 amide bonds. The van der Waals surface area contributed by atoms with Crippen LogP contribution in [0.2, 0.25) is 0 Å². The van der Waals surface area contributed by atoms with E-state index in [1.165, 1.54) is 17.0 Å². The summed E-state index contributed by atoms with van der Waals surface area (Å²) in [6.45, 7) is 8.70. The van der Waals surface area contributed by atoms with Gasteiger partial charge in [0.1, 0.15) is 17.3 Å². The third kappa shape index (κ3) is 9.92. The Labute approximate surface area is 334 Å². The van der Waals surface area contributed by atoms with Crippen molar-refractivity contribution in [3.05, 3.63) is 125 Å². The van der Waals surface area contributed by atoms with Gasteiger partial charge in [-0.25, -0.2) is 9.18 Å². The van der Waals surface area contributed by atoms with Gasteiger partial charge >= 0.3 is 6.09 Å². The summed E-state index contributed by atoms with van der Waals surface area (Å²) in [6.07, 6.45) is 0.0872. The first-order chi connectivity index (χ1) is 27.5. The summed E-state index contributed by atoms with van der Waals surface area (Å²) in [7, 11) is 1.64. The smallest absolute Gasteiger partial charge is 0.407 e. The van der Waals surface area contributed by atoms with Crippen molar-refractivity contribution in [2.45, 2.75) is 64.3 Å². The number of likely N-dealkylation sites (tertiary alicyclic amines) is 1. The molecule has 0 spiro atoms. The number of hydrogen-bond acceptors (Lipinski definition) is 7. The van der Waals surface area contributed by atoms with Gasteiger partial charge in [-0.05, 0) is 62.1 Å². The quantitative estimate of drug-likeness (QED) is 0.117. The summed E-state index contributed by atoms with van der Waals surface area (Å²) in [5, 5.41) is 10.0. The topological polar surface area (TPSA) is 112 Å². The summed E-state index contributed by atoms with van der Waals surface area (Å²) in [5.74, 6) is -1.11. The van der Waals surface area contributed by atoms with Crippen molar-refractivity contribution in [3.8, 4) is 11.5 Å². The van der Waals surface area contributed by atoms with Crippen LogP contribution in [-0.2, 0) is 22.6 Å². The van der Waals surface area contributed by atoms with Gasteiger partial charge in [0.2, 0.25) is 0 Å². The first-order valence-electron chi connectivity index (χ1n) is 19.6. The van der Waals surface area contributed by atoms with Crippen molar-refractivity contribution in [2.24, 2.45) is 0 Å². The summed E-state index contributed by atoms with van der Waals surface area (Å²) in [4.78, 5) is 47.7. The lowest BCUT2D eigenvalue weighted by Gasteiger charge is -2.43. The Morgan fingerprint density at radius 2 is 1.63 bits per heavy atom. The molecule has 4 aromatic rings. The second kappa shape index (κ2) is 18.7. The second-order valence-electron chi connectivity index (χ2n) is 15.1. The molecule has 2 aliphatic heterocycles. The number of likely N-dealkylation sites (N-methyl/N-ethyl adjacent to an activating group) is 1. The molecular formula is C45H53FN4O7. The Hall–Kier alpha value is -5.46. The number of carboxylic acid groups (broad SMARTS) is 1. The summed E-state index contributed by atoms with van der Waals surface area (Å²) in [6, 6.07) is 29.9. The van der Waals surface area contributed by atoms with E-state index in [4.69, 9.17) is 14.2 Å². The molecule has 1 fully saturated rings. The highest BCUT2D eigenvalue weighted by Crippen LogP contribution is 2.41. The zero-order valence-electron chi connectivity index (χ0n) is 33.2. The normalized spacial score (nSPS) is 17.5. The van der Waals surface area contributed by atoms with E-state index in [0.29, 0.717) is 50.7 Å². The van der Waals surface area contributed by atoms with Gasteiger partial charge in [0, 0.05) is 77.9 Å². The van der Waals surface area contributed by atoms with Gasteiger partial charge in [0.25, 0.3) is 11.8 Å². The average Bonchev–Trinajstić information content (AvgIpc) is 3.20. The average molecular weight is 781 g/mol. The molecule has 11 nitrogen and oxygen atoms in total. The summed E-state index contributed by atoms with van der Waals surface area (Å²) >= 11 is 0. The van der Waals surface area contributed by atoms with Gasteiger partial charge in [0.15, 0.2) is 5.60 Å². The van der Waals surface area contributed by atoms with Crippen molar-refractivity contribution in [2.75, 3.05) is 57.9 Å². The van der Waals surface area contributed by atoms with Gasteiger partial charge in [0.05, 0.1) is 23.9 Å². The number of hydrogen-bond donors (Lipinski definition) is 1. The Balaban J connectivity index is 1.30. The van der Waals surface area contributed by atoms with Crippen LogP contribution in [0.4, 0.5) is 14.9 Å². The molecule has 0 bridgehead atoms. The number of fused-ring (bicyclic) bond motifs is 1. The second-order valence-corrected chi connectivity index (χ2v) is 15.1. The van der Waals surface area contributed by atoms with Crippen molar-refractivity contribution in [1.82, 2.24) is 14.7 Å². The number of anilines is 1. The number of carbonyl (C=O) groups is 3. The molecule has 6 rings (SSSR count). The Bertz CT molecular complexity index is 1950. The zero-order valence-corrected chi connectivity index (χ0v) is 33.2. The Morgan fingerprint density at radius 3 is 2.26 bits per heavy atom. The minimum atomic E-state index is -1.28. The van der Waals surface area contributed by atoms with Crippen LogP contribution in [0.15, 0.2) is 97.1 Å². The maximum atomic E-state index is 16.2. The predicted molar refractivity (Wildman–Crippen MR) is 216 cm³/mol. The number of ether oxygens (including phenoxy) is 3. The highest BCUT2D eigenvalue weighted by Gasteiger charge is 2.43. The molecular weight excluding hydrogens is 728 g/mol. The van der Waals surface area contributed by atoms with Crippen LogP contribution < -0.4 is 14.4 Å². The van der Waals surface area contributed by atoms with Crippen LogP contribution in [0.5, 0.6) is 11.5 Å². The molecule has 1 saturated heterocycles. The molecule has 0 aromatic heterocycles. The third-order valence-electron chi connectivity index (χ3n) is 10.7. The molecule has 302 valence electrons. The first kappa shape index (κ1) is 41.2. The monoisotopic (exact) mass is 780 g/mol. The van der Waals surface area contributed by atoms with Crippen LogP contribution in [0.25, 0.3) is 0 Å². The molecule has 0 aliphatic carbocycles. The molecule has 12 heteroatoms. The summed E-state index contributed by atoms with van der Waals surface area (Å²) in [5.41, 5.74) is 1.96. The van der Waals surface area contributed by atoms with E-state index < -0.39 is 29.5 Å². The number of nitrogens with zero attached hydrogens (tertiary/aromatic N) is 4. The van der Waals surface area contributed by atoms with E-state index in [1.807, 2.05) is 60.7 Å². The zero-order chi connectivity index (χ0) is 40.5. The van der Waals surface area contributed by atoms with Crippen LogP contribution in [0.3, 0.4) is 0 Å². The Morgan fingerprint density at radius 1 is 0.947 bits per heavy atom. The number of rotatable bonds is 16. The SMILES string of the molecule is CCN(C(=O)c1cc2c(cc1F)OC(C)(C)C(=O)N2CCN(Cc1ccccc1)Cc1ccccc1)[C@H]1CN(C(=O)O)CC[C@@H]1c1cccc(OCCCOC)c1. The Kier molecular flexibility index (Phi) is 13.5. The molecule has 4 aromatic carbocycles. The van der Waals surface area contributed by atoms with Gasteiger partial charge in [-0.15, -0.1) is 0 Å². The van der Waals surface area contributed by atoms with Gasteiger partial charge in [-0.1, -0.05) is 72.8 Å². The highest BCUT2D eigenvalue weighted by molar-refractivity contribution is 6.04. The van der Waals surface area contributed by atoms with Gasteiger partial charge in [-0.3, -0.25) is 14.5 Å². The predicted octanol–water partition coefficient (Wildman–Crippen LogP) is 7.45.